The van der Waals surface area contributed by atoms with Crippen LogP contribution in [-0.2, 0) is 6.42 Å². The highest BCUT2D eigenvalue weighted by atomic mass is 127. The maximum Gasteiger partial charge on any atom is 0.198 e. The van der Waals surface area contributed by atoms with Crippen molar-refractivity contribution in [2.45, 2.75) is 26.2 Å². The molecule has 0 aromatic heterocycles. The summed E-state index contributed by atoms with van der Waals surface area (Å²) in [6, 6.07) is 8.65. The van der Waals surface area contributed by atoms with E-state index in [1.54, 1.807) is 0 Å². The molecule has 5 heteroatoms. The van der Waals surface area contributed by atoms with E-state index in [9.17, 15) is 0 Å². The van der Waals surface area contributed by atoms with Gasteiger partial charge in [0.05, 0.1) is 0 Å². The Labute approximate surface area is 157 Å². The van der Waals surface area contributed by atoms with Crippen LogP contribution in [0.5, 0.6) is 0 Å². The van der Waals surface area contributed by atoms with E-state index < -0.39 is 0 Å². The maximum atomic E-state index is 4.48. The van der Waals surface area contributed by atoms with E-state index in [1.807, 2.05) is 7.05 Å². The van der Waals surface area contributed by atoms with Crippen LogP contribution in [0.25, 0.3) is 0 Å². The van der Waals surface area contributed by atoms with Crippen molar-refractivity contribution >= 4 is 35.6 Å². The van der Waals surface area contributed by atoms with Crippen LogP contribution in [0.15, 0.2) is 29.3 Å². The average molecular weight is 428 g/mol. The van der Waals surface area contributed by atoms with Crippen LogP contribution in [0, 0.1) is 5.92 Å². The van der Waals surface area contributed by atoms with Crippen molar-refractivity contribution in [2.24, 2.45) is 10.9 Å². The maximum absolute atomic E-state index is 4.48. The molecule has 128 valence electrons. The average Bonchev–Trinajstić information content (AvgIpc) is 2.96. The van der Waals surface area contributed by atoms with Gasteiger partial charge in [-0.1, -0.05) is 25.1 Å². The highest BCUT2D eigenvalue weighted by Gasteiger charge is 2.22. The second-order valence-corrected chi connectivity index (χ2v) is 6.55. The van der Waals surface area contributed by atoms with Crippen LogP contribution in [0.4, 0.5) is 5.69 Å². The number of fused-ring (bicyclic) bond motifs is 1. The molecule has 0 aliphatic carbocycles. The van der Waals surface area contributed by atoms with Crippen molar-refractivity contribution in [3.05, 3.63) is 29.8 Å². The lowest BCUT2D eigenvalue weighted by Gasteiger charge is -2.31. The van der Waals surface area contributed by atoms with Crippen LogP contribution in [0.2, 0.25) is 0 Å². The molecular weight excluding hydrogens is 399 g/mol. The molecule has 1 saturated heterocycles. The highest BCUT2D eigenvalue weighted by Crippen LogP contribution is 2.27. The Hall–Kier alpha value is -0.820. The summed E-state index contributed by atoms with van der Waals surface area (Å²) in [7, 11) is 1.88. The monoisotopic (exact) mass is 428 g/mol. The Bertz CT molecular complexity index is 532. The molecule has 1 unspecified atom stereocenters. The van der Waals surface area contributed by atoms with E-state index >= 15 is 0 Å². The lowest BCUT2D eigenvalue weighted by molar-refractivity contribution is 0.187. The predicted octanol–water partition coefficient (Wildman–Crippen LogP) is 2.97. The zero-order valence-corrected chi connectivity index (χ0v) is 16.6. The SMILES string of the molecule is CN=C(NCCN1CCCC(C)C1)N1CCc2ccccc21.I. The Morgan fingerprint density at radius 2 is 2.13 bits per heavy atom. The summed E-state index contributed by atoms with van der Waals surface area (Å²) in [5, 5.41) is 3.55. The molecule has 1 N–H and O–H groups in total. The molecular formula is C18H29IN4. The predicted molar refractivity (Wildman–Crippen MR) is 109 cm³/mol. The molecule has 23 heavy (non-hydrogen) atoms. The first kappa shape index (κ1) is 18.5. The second kappa shape index (κ2) is 8.87. The Morgan fingerprint density at radius 3 is 2.91 bits per heavy atom. The van der Waals surface area contributed by atoms with E-state index in [0.29, 0.717) is 0 Å². The largest absolute Gasteiger partial charge is 0.355 e. The molecule has 1 aromatic rings. The number of para-hydroxylation sites is 1. The molecule has 1 fully saturated rings. The standard InChI is InChI=1S/C18H28N4.HI/c1-15-6-5-11-21(14-15)13-10-20-18(19-2)22-12-9-16-7-3-4-8-17(16)22;/h3-4,7-8,15H,5-6,9-14H2,1-2H3,(H,19,20);1H. The molecule has 1 atom stereocenters. The van der Waals surface area contributed by atoms with Crippen molar-refractivity contribution in [2.75, 3.05) is 44.7 Å². The number of hydrogen-bond acceptors (Lipinski definition) is 2. The third kappa shape index (κ3) is 4.59. The summed E-state index contributed by atoms with van der Waals surface area (Å²) >= 11 is 0. The third-order valence-corrected chi connectivity index (χ3v) is 4.81. The van der Waals surface area contributed by atoms with Gasteiger partial charge in [-0.25, -0.2) is 0 Å². The van der Waals surface area contributed by atoms with Crippen molar-refractivity contribution in [1.82, 2.24) is 10.2 Å². The minimum Gasteiger partial charge on any atom is -0.355 e. The van der Waals surface area contributed by atoms with Crippen LogP contribution < -0.4 is 10.2 Å². The van der Waals surface area contributed by atoms with Crippen molar-refractivity contribution < 1.29 is 0 Å². The molecule has 1 aromatic carbocycles. The van der Waals surface area contributed by atoms with E-state index in [2.05, 4.69) is 51.3 Å². The van der Waals surface area contributed by atoms with E-state index in [-0.39, 0.29) is 24.0 Å². The Balaban J connectivity index is 0.00000192. The summed E-state index contributed by atoms with van der Waals surface area (Å²) in [6.45, 7) is 7.96. The van der Waals surface area contributed by atoms with E-state index in [1.165, 1.54) is 37.2 Å². The molecule has 0 radical (unpaired) electrons. The Morgan fingerprint density at radius 1 is 1.30 bits per heavy atom. The summed E-state index contributed by atoms with van der Waals surface area (Å²) in [5.74, 6) is 1.86. The zero-order valence-electron chi connectivity index (χ0n) is 14.3. The van der Waals surface area contributed by atoms with Gasteiger partial charge in [0.15, 0.2) is 5.96 Å². The van der Waals surface area contributed by atoms with Crippen LogP contribution in [-0.4, -0.2) is 50.6 Å². The summed E-state index contributed by atoms with van der Waals surface area (Å²) in [6.07, 6.45) is 3.84. The van der Waals surface area contributed by atoms with Gasteiger partial charge in [-0.2, -0.15) is 0 Å². The molecule has 3 rings (SSSR count). The first-order chi connectivity index (χ1) is 10.8. The molecule has 0 spiro atoms. The molecule has 2 aliphatic heterocycles. The fourth-order valence-electron chi connectivity index (χ4n) is 3.67. The number of nitrogens with one attached hydrogen (secondary N) is 1. The number of guanidine groups is 1. The van der Waals surface area contributed by atoms with Gasteiger partial charge < -0.3 is 15.1 Å². The number of benzene rings is 1. The van der Waals surface area contributed by atoms with Gasteiger partial charge in [0.25, 0.3) is 0 Å². The van der Waals surface area contributed by atoms with Crippen molar-refractivity contribution in [3.8, 4) is 0 Å². The number of rotatable bonds is 3. The molecule has 4 nitrogen and oxygen atoms in total. The van der Waals surface area contributed by atoms with E-state index in [0.717, 1.165) is 37.9 Å². The van der Waals surface area contributed by atoms with Gasteiger partial charge >= 0.3 is 0 Å². The first-order valence-corrected chi connectivity index (χ1v) is 8.56. The quantitative estimate of drug-likeness (QED) is 0.456. The number of likely N-dealkylation sites (tertiary alicyclic amines) is 1. The summed E-state index contributed by atoms with van der Waals surface area (Å²) < 4.78 is 0. The molecule has 2 aliphatic rings. The number of anilines is 1. The molecule has 2 heterocycles. The number of halogens is 1. The molecule has 0 saturated carbocycles. The van der Waals surface area contributed by atoms with Crippen LogP contribution in [0.3, 0.4) is 0 Å². The fourth-order valence-corrected chi connectivity index (χ4v) is 3.67. The number of hydrogen-bond donors (Lipinski definition) is 1. The minimum atomic E-state index is 0. The number of nitrogens with zero attached hydrogens (tertiary/aromatic N) is 3. The van der Waals surface area contributed by atoms with Gasteiger partial charge in [0.1, 0.15) is 0 Å². The number of piperidine rings is 1. The topological polar surface area (TPSA) is 30.9 Å². The van der Waals surface area contributed by atoms with Gasteiger partial charge in [-0.15, -0.1) is 24.0 Å². The third-order valence-electron chi connectivity index (χ3n) is 4.81. The van der Waals surface area contributed by atoms with Crippen molar-refractivity contribution in [1.29, 1.82) is 0 Å². The van der Waals surface area contributed by atoms with Crippen molar-refractivity contribution in [3.63, 3.8) is 0 Å². The van der Waals surface area contributed by atoms with Crippen LogP contribution in [0.1, 0.15) is 25.3 Å². The Kier molecular flexibility index (Phi) is 7.14. The van der Waals surface area contributed by atoms with Crippen LogP contribution >= 0.6 is 24.0 Å². The second-order valence-electron chi connectivity index (χ2n) is 6.55. The van der Waals surface area contributed by atoms with Gasteiger partial charge in [-0.3, -0.25) is 4.99 Å². The molecule has 0 amide bonds. The van der Waals surface area contributed by atoms with E-state index in [4.69, 9.17) is 0 Å². The fraction of sp³-hybridized carbons (Fsp3) is 0.611. The minimum absolute atomic E-state index is 0. The van der Waals surface area contributed by atoms with Gasteiger partial charge in [-0.05, 0) is 43.4 Å². The summed E-state index contributed by atoms with van der Waals surface area (Å²) in [5.41, 5.74) is 2.73. The lowest BCUT2D eigenvalue weighted by atomic mass is 10.0. The summed E-state index contributed by atoms with van der Waals surface area (Å²) in [4.78, 5) is 9.37. The highest BCUT2D eigenvalue weighted by molar-refractivity contribution is 14.0. The van der Waals surface area contributed by atoms with Gasteiger partial charge in [0.2, 0.25) is 0 Å². The normalized spacial score (nSPS) is 21.7. The number of aliphatic imine (C=N–C) groups is 1. The lowest BCUT2D eigenvalue weighted by Crippen LogP contribution is -2.45. The van der Waals surface area contributed by atoms with Gasteiger partial charge in [0, 0.05) is 38.9 Å². The smallest absolute Gasteiger partial charge is 0.198 e. The first-order valence-electron chi connectivity index (χ1n) is 8.56. The molecule has 0 bridgehead atoms. The zero-order chi connectivity index (χ0) is 15.4.